The Kier molecular flexibility index (Phi) is 7.60. The highest BCUT2D eigenvalue weighted by molar-refractivity contribution is 5.65. The number of anilines is 2. The first-order valence-electron chi connectivity index (χ1n) is 12.5. The van der Waals surface area contributed by atoms with E-state index in [0.29, 0.717) is 55.1 Å². The molecule has 2 saturated heterocycles. The Balaban J connectivity index is 1.25. The molecule has 5 rings (SSSR count). The lowest BCUT2D eigenvalue weighted by Gasteiger charge is -2.30. The second kappa shape index (κ2) is 11.4. The van der Waals surface area contributed by atoms with Gasteiger partial charge in [-0.2, -0.15) is 10.2 Å². The zero-order valence-electron chi connectivity index (χ0n) is 20.6. The maximum atomic E-state index is 14.1. The molecule has 196 valence electrons. The van der Waals surface area contributed by atoms with Crippen molar-refractivity contribution in [3.8, 4) is 23.2 Å². The van der Waals surface area contributed by atoms with Gasteiger partial charge in [-0.3, -0.25) is 0 Å². The molecule has 11 heteroatoms. The van der Waals surface area contributed by atoms with Gasteiger partial charge in [-0.15, -0.1) is 0 Å². The van der Waals surface area contributed by atoms with Crippen molar-refractivity contribution in [2.24, 2.45) is 0 Å². The summed E-state index contributed by atoms with van der Waals surface area (Å²) in [4.78, 5) is 25.5. The molecule has 0 spiro atoms. The van der Waals surface area contributed by atoms with Crippen LogP contribution in [-0.4, -0.2) is 69.6 Å². The van der Waals surface area contributed by atoms with Gasteiger partial charge in [0.05, 0.1) is 18.8 Å². The summed E-state index contributed by atoms with van der Waals surface area (Å²) in [7, 11) is 0. The second-order valence-corrected chi connectivity index (χ2v) is 9.28. The number of benzene rings is 2. The molecule has 2 aromatic carbocycles. The van der Waals surface area contributed by atoms with Gasteiger partial charge in [0, 0.05) is 30.8 Å². The van der Waals surface area contributed by atoms with E-state index in [9.17, 15) is 14.4 Å². The highest BCUT2D eigenvalue weighted by Gasteiger charge is 2.28. The number of halogens is 1. The fraction of sp³-hybridized carbons (Fsp3) is 0.370. The van der Waals surface area contributed by atoms with Gasteiger partial charge in [0.25, 0.3) is 0 Å². The van der Waals surface area contributed by atoms with E-state index in [1.54, 1.807) is 18.2 Å². The molecule has 1 aromatic heterocycles. The van der Waals surface area contributed by atoms with Gasteiger partial charge in [0.2, 0.25) is 5.95 Å². The Hall–Kier alpha value is -4.30. The number of piperidine rings is 1. The maximum Gasteiger partial charge on any atom is 0.407 e. The zero-order chi connectivity index (χ0) is 26.5. The van der Waals surface area contributed by atoms with Crippen molar-refractivity contribution in [3.63, 3.8) is 0 Å². The van der Waals surface area contributed by atoms with E-state index in [0.717, 1.165) is 18.5 Å². The van der Waals surface area contributed by atoms with Crippen LogP contribution >= 0.6 is 0 Å². The molecule has 3 heterocycles. The largest absolute Gasteiger partial charge is 0.486 e. The van der Waals surface area contributed by atoms with E-state index in [2.05, 4.69) is 26.3 Å². The number of nitrogens with one attached hydrogen (secondary N) is 1. The maximum absolute atomic E-state index is 14.1. The molecule has 2 aliphatic heterocycles. The summed E-state index contributed by atoms with van der Waals surface area (Å²) in [5, 5.41) is 22.0. The van der Waals surface area contributed by atoms with Crippen molar-refractivity contribution >= 4 is 17.7 Å². The van der Waals surface area contributed by atoms with E-state index in [1.807, 2.05) is 24.3 Å². The molecular formula is C27H27FN6O4. The van der Waals surface area contributed by atoms with Crippen LogP contribution < -0.4 is 10.1 Å². The number of hydrogen-bond donors (Lipinski definition) is 2. The molecule has 2 fully saturated rings. The molecule has 0 saturated carbocycles. The highest BCUT2D eigenvalue weighted by atomic mass is 19.1. The number of amides is 1. The Morgan fingerprint density at radius 2 is 1.95 bits per heavy atom. The van der Waals surface area contributed by atoms with Crippen LogP contribution in [0.3, 0.4) is 0 Å². The highest BCUT2D eigenvalue weighted by Crippen LogP contribution is 2.30. The lowest BCUT2D eigenvalue weighted by atomic mass is 9.89. The third-order valence-corrected chi connectivity index (χ3v) is 6.84. The van der Waals surface area contributed by atoms with Crippen LogP contribution in [-0.2, 0) is 4.74 Å². The molecule has 0 aliphatic carbocycles. The standard InChI is InChI=1S/C27H27FN6O4/c28-22-15-37-12-9-24(22)38-23-6-3-19(13-20(23)14-29)25-30-16-31-26(33-25)32-21-4-1-17(2-5-21)18-7-10-34(11-8-18)27(35)36/h1-6,13,16,18,22,24H,7-12,15H2,(H,35,36)(H,30,31,32,33)/t22-,24?/m0/s1. The van der Waals surface area contributed by atoms with Crippen LogP contribution in [0, 0.1) is 11.3 Å². The number of hydrogen-bond acceptors (Lipinski definition) is 8. The first kappa shape index (κ1) is 25.4. The fourth-order valence-electron chi connectivity index (χ4n) is 4.71. The van der Waals surface area contributed by atoms with Gasteiger partial charge in [0.15, 0.2) is 12.0 Å². The molecule has 1 amide bonds. The summed E-state index contributed by atoms with van der Waals surface area (Å²) >= 11 is 0. The summed E-state index contributed by atoms with van der Waals surface area (Å²) in [6, 6.07) is 15.0. The predicted octanol–water partition coefficient (Wildman–Crippen LogP) is 4.52. The summed E-state index contributed by atoms with van der Waals surface area (Å²) in [5.74, 6) is 1.36. The number of nitrogens with zero attached hydrogens (tertiary/aromatic N) is 5. The number of aromatic nitrogens is 3. The molecule has 0 radical (unpaired) electrons. The van der Waals surface area contributed by atoms with Gasteiger partial charge in [-0.05, 0) is 54.7 Å². The monoisotopic (exact) mass is 518 g/mol. The average Bonchev–Trinajstić information content (AvgIpc) is 2.95. The number of ether oxygens (including phenoxy) is 2. The Labute approximate surface area is 219 Å². The van der Waals surface area contributed by atoms with Crippen LogP contribution in [0.25, 0.3) is 11.4 Å². The minimum Gasteiger partial charge on any atom is -0.486 e. The average molecular weight is 519 g/mol. The lowest BCUT2D eigenvalue weighted by Crippen LogP contribution is -2.37. The molecule has 0 bridgehead atoms. The van der Waals surface area contributed by atoms with Gasteiger partial charge in [-0.1, -0.05) is 12.1 Å². The Morgan fingerprint density at radius 3 is 2.66 bits per heavy atom. The third-order valence-electron chi connectivity index (χ3n) is 6.84. The molecular weight excluding hydrogens is 491 g/mol. The summed E-state index contributed by atoms with van der Waals surface area (Å²) in [6.07, 6.45) is 0.646. The first-order valence-corrected chi connectivity index (χ1v) is 12.5. The minimum atomic E-state index is -1.24. The molecule has 3 aromatic rings. The Morgan fingerprint density at radius 1 is 1.16 bits per heavy atom. The van der Waals surface area contributed by atoms with Crippen LogP contribution in [0.2, 0.25) is 0 Å². The molecule has 2 aliphatic rings. The van der Waals surface area contributed by atoms with Crippen molar-refractivity contribution in [2.75, 3.05) is 31.6 Å². The number of rotatable bonds is 6. The third kappa shape index (κ3) is 5.81. The lowest BCUT2D eigenvalue weighted by molar-refractivity contribution is -0.0383. The first-order chi connectivity index (χ1) is 18.5. The van der Waals surface area contributed by atoms with Crippen LogP contribution in [0.4, 0.5) is 20.8 Å². The second-order valence-electron chi connectivity index (χ2n) is 9.28. The van der Waals surface area contributed by atoms with Gasteiger partial charge >= 0.3 is 6.09 Å². The van der Waals surface area contributed by atoms with Crippen LogP contribution in [0.5, 0.6) is 5.75 Å². The molecule has 2 atom stereocenters. The smallest absolute Gasteiger partial charge is 0.407 e. The van der Waals surface area contributed by atoms with E-state index >= 15 is 0 Å². The quantitative estimate of drug-likeness (QED) is 0.483. The number of alkyl halides is 1. The Bertz CT molecular complexity index is 1320. The molecule has 1 unspecified atom stereocenters. The summed E-state index contributed by atoms with van der Waals surface area (Å²) < 4.78 is 25.0. The molecule has 10 nitrogen and oxygen atoms in total. The normalized spacial score (nSPS) is 19.9. The van der Waals surface area contributed by atoms with Crippen molar-refractivity contribution in [1.82, 2.24) is 19.9 Å². The van der Waals surface area contributed by atoms with Crippen LogP contribution in [0.1, 0.15) is 36.3 Å². The number of carbonyl (C=O) groups is 1. The number of nitriles is 1. The van der Waals surface area contributed by atoms with Crippen molar-refractivity contribution in [3.05, 3.63) is 59.9 Å². The van der Waals surface area contributed by atoms with Gasteiger partial charge < -0.3 is 24.8 Å². The predicted molar refractivity (Wildman–Crippen MR) is 136 cm³/mol. The van der Waals surface area contributed by atoms with E-state index in [4.69, 9.17) is 14.6 Å². The van der Waals surface area contributed by atoms with Crippen molar-refractivity contribution in [2.45, 2.75) is 37.5 Å². The van der Waals surface area contributed by atoms with Crippen molar-refractivity contribution < 1.29 is 23.8 Å². The molecule has 38 heavy (non-hydrogen) atoms. The SMILES string of the molecule is N#Cc1cc(-c2ncnc(Nc3ccc(C4CCN(C(=O)O)CC4)cc3)n2)ccc1OC1CCOC[C@@H]1F. The summed E-state index contributed by atoms with van der Waals surface area (Å²) in [5.41, 5.74) is 2.84. The minimum absolute atomic E-state index is 0.0138. The topological polar surface area (TPSA) is 133 Å². The van der Waals surface area contributed by atoms with Crippen LogP contribution in [0.15, 0.2) is 48.8 Å². The van der Waals surface area contributed by atoms with Gasteiger partial charge in [-0.25, -0.2) is 19.2 Å². The molecule has 2 N–H and O–H groups in total. The number of carboxylic acid groups (broad SMARTS) is 1. The van der Waals surface area contributed by atoms with Gasteiger partial charge in [0.1, 0.15) is 24.3 Å². The van der Waals surface area contributed by atoms with Crippen molar-refractivity contribution in [1.29, 1.82) is 5.26 Å². The number of likely N-dealkylation sites (tertiary alicyclic amines) is 1. The van der Waals surface area contributed by atoms with E-state index < -0.39 is 18.4 Å². The fourth-order valence-corrected chi connectivity index (χ4v) is 4.71. The van der Waals surface area contributed by atoms with E-state index in [-0.39, 0.29) is 12.2 Å². The zero-order valence-corrected chi connectivity index (χ0v) is 20.6. The summed E-state index contributed by atoms with van der Waals surface area (Å²) in [6.45, 7) is 1.49. The van der Waals surface area contributed by atoms with E-state index in [1.165, 1.54) is 16.8 Å².